The Bertz CT molecular complexity index is 1090. The van der Waals surface area contributed by atoms with Gasteiger partial charge in [-0.1, -0.05) is 29.3 Å². The molecule has 27 heavy (non-hydrogen) atoms. The van der Waals surface area contributed by atoms with Crippen molar-refractivity contribution in [2.75, 3.05) is 11.9 Å². The molecular weight excluding hydrogens is 425 g/mol. The van der Waals surface area contributed by atoms with E-state index in [4.69, 9.17) is 23.2 Å². The van der Waals surface area contributed by atoms with Crippen LogP contribution in [-0.2, 0) is 6.42 Å². The summed E-state index contributed by atoms with van der Waals surface area (Å²) in [6, 6.07) is 8.60. The molecule has 10 heteroatoms. The molecule has 0 aliphatic carbocycles. The van der Waals surface area contributed by atoms with E-state index in [2.05, 4.69) is 20.7 Å². The lowest BCUT2D eigenvalue weighted by Crippen LogP contribution is -2.30. The van der Waals surface area contributed by atoms with Crippen molar-refractivity contribution < 1.29 is 4.79 Å². The van der Waals surface area contributed by atoms with Gasteiger partial charge in [-0.05, 0) is 29.6 Å². The molecule has 0 fully saturated rings. The monoisotopic (exact) mass is 437 g/mol. The molecule has 0 aliphatic rings. The van der Waals surface area contributed by atoms with Gasteiger partial charge in [-0.2, -0.15) is 4.98 Å². The van der Waals surface area contributed by atoms with Crippen LogP contribution in [0, 0.1) is 0 Å². The number of urea groups is 1. The number of hydrogen-bond acceptors (Lipinski definition) is 5. The number of carbonyl (C=O) groups is 1. The third-order valence-electron chi connectivity index (χ3n) is 3.74. The summed E-state index contributed by atoms with van der Waals surface area (Å²) in [7, 11) is 0. The lowest BCUT2D eigenvalue weighted by atomic mass is 10.3. The number of benzene rings is 1. The van der Waals surface area contributed by atoms with Gasteiger partial charge >= 0.3 is 6.03 Å². The first-order valence-corrected chi connectivity index (χ1v) is 10.5. The van der Waals surface area contributed by atoms with Crippen LogP contribution in [0.3, 0.4) is 0 Å². The van der Waals surface area contributed by atoms with Gasteiger partial charge in [0.1, 0.15) is 0 Å². The molecule has 0 unspecified atom stereocenters. The van der Waals surface area contributed by atoms with E-state index in [1.807, 2.05) is 27.4 Å². The quantitative estimate of drug-likeness (QED) is 0.451. The largest absolute Gasteiger partial charge is 0.337 e. The number of nitrogens with zero attached hydrogens (tertiary/aromatic N) is 3. The molecule has 0 saturated heterocycles. The molecule has 0 spiro atoms. The molecule has 0 atom stereocenters. The van der Waals surface area contributed by atoms with E-state index in [0.717, 1.165) is 21.4 Å². The number of nitrogens with one attached hydrogen (secondary N) is 2. The first-order valence-electron chi connectivity index (χ1n) is 7.97. The number of amides is 2. The Kier molecular flexibility index (Phi) is 5.31. The highest BCUT2D eigenvalue weighted by Gasteiger charge is 2.12. The molecule has 2 amide bonds. The summed E-state index contributed by atoms with van der Waals surface area (Å²) < 4.78 is 1.83. The van der Waals surface area contributed by atoms with Crippen LogP contribution in [0.25, 0.3) is 15.7 Å². The van der Waals surface area contributed by atoms with E-state index in [1.54, 1.807) is 29.5 Å². The fourth-order valence-corrected chi connectivity index (χ4v) is 4.27. The number of halogens is 2. The Labute approximate surface area is 172 Å². The van der Waals surface area contributed by atoms with Crippen molar-refractivity contribution in [3.05, 3.63) is 56.8 Å². The summed E-state index contributed by atoms with van der Waals surface area (Å²) >= 11 is 15.0. The van der Waals surface area contributed by atoms with Gasteiger partial charge in [-0.3, -0.25) is 0 Å². The number of hydrogen-bond donors (Lipinski definition) is 2. The summed E-state index contributed by atoms with van der Waals surface area (Å²) in [6.45, 7) is 0.465. The smallest absolute Gasteiger partial charge is 0.319 e. The van der Waals surface area contributed by atoms with E-state index in [1.165, 1.54) is 11.3 Å². The fraction of sp³-hybridized carbons (Fsp3) is 0.118. The molecule has 0 radical (unpaired) electrons. The summed E-state index contributed by atoms with van der Waals surface area (Å²) in [5.41, 5.74) is 1.58. The predicted octanol–water partition coefficient (Wildman–Crippen LogP) is 5.19. The van der Waals surface area contributed by atoms with Gasteiger partial charge in [0, 0.05) is 24.0 Å². The minimum absolute atomic E-state index is 0.308. The lowest BCUT2D eigenvalue weighted by Gasteiger charge is -2.08. The highest BCUT2D eigenvalue weighted by molar-refractivity contribution is 7.15. The summed E-state index contributed by atoms with van der Waals surface area (Å²) in [5, 5.41) is 15.0. The maximum absolute atomic E-state index is 12.0. The van der Waals surface area contributed by atoms with Gasteiger partial charge in [-0.25, -0.2) is 9.31 Å². The zero-order valence-corrected chi connectivity index (χ0v) is 16.9. The Morgan fingerprint density at radius 2 is 2.07 bits per heavy atom. The molecule has 0 bridgehead atoms. The van der Waals surface area contributed by atoms with E-state index in [0.29, 0.717) is 28.7 Å². The minimum Gasteiger partial charge on any atom is -0.337 e. The maximum atomic E-state index is 12.0. The van der Waals surface area contributed by atoms with Crippen molar-refractivity contribution in [3.8, 4) is 10.7 Å². The van der Waals surface area contributed by atoms with Crippen LogP contribution in [-0.4, -0.2) is 27.2 Å². The van der Waals surface area contributed by atoms with Crippen molar-refractivity contribution >= 4 is 62.6 Å². The Morgan fingerprint density at radius 1 is 1.19 bits per heavy atom. The third kappa shape index (κ3) is 4.08. The van der Waals surface area contributed by atoms with Gasteiger partial charge in [0.05, 0.1) is 20.6 Å². The van der Waals surface area contributed by atoms with E-state index >= 15 is 0 Å². The molecular formula is C17H13Cl2N5OS2. The van der Waals surface area contributed by atoms with Crippen LogP contribution in [0.2, 0.25) is 10.0 Å². The molecule has 4 aromatic rings. The minimum atomic E-state index is -0.308. The Morgan fingerprint density at radius 3 is 2.85 bits per heavy atom. The average molecular weight is 438 g/mol. The highest BCUT2D eigenvalue weighted by atomic mass is 35.5. The summed E-state index contributed by atoms with van der Waals surface area (Å²) in [4.78, 5) is 18.5. The molecule has 138 valence electrons. The number of rotatable bonds is 5. The van der Waals surface area contributed by atoms with Gasteiger partial charge in [0.25, 0.3) is 0 Å². The molecule has 4 rings (SSSR count). The second-order valence-electron chi connectivity index (χ2n) is 5.59. The van der Waals surface area contributed by atoms with Crippen LogP contribution in [0.4, 0.5) is 10.5 Å². The molecule has 0 saturated carbocycles. The van der Waals surface area contributed by atoms with Gasteiger partial charge in [-0.15, -0.1) is 27.8 Å². The Hall–Kier alpha value is -2.13. The van der Waals surface area contributed by atoms with Crippen molar-refractivity contribution in [1.29, 1.82) is 0 Å². The second-order valence-corrected chi connectivity index (χ2v) is 8.19. The van der Waals surface area contributed by atoms with Crippen molar-refractivity contribution in [2.45, 2.75) is 6.42 Å². The van der Waals surface area contributed by atoms with Crippen molar-refractivity contribution in [3.63, 3.8) is 0 Å². The number of carbonyl (C=O) groups excluding carboxylic acids is 1. The number of thiazole rings is 1. The SMILES string of the molecule is O=C(NCCc1csc2nc(-c3cccs3)nn12)Nc1ccc(Cl)c(Cl)c1. The van der Waals surface area contributed by atoms with Crippen LogP contribution >= 0.6 is 45.9 Å². The topological polar surface area (TPSA) is 71.3 Å². The summed E-state index contributed by atoms with van der Waals surface area (Å²) in [5.74, 6) is 0.725. The van der Waals surface area contributed by atoms with Crippen LogP contribution in [0.1, 0.15) is 5.69 Å². The fourth-order valence-electron chi connectivity index (χ4n) is 2.46. The summed E-state index contributed by atoms with van der Waals surface area (Å²) in [6.07, 6.45) is 0.641. The van der Waals surface area contributed by atoms with E-state index in [9.17, 15) is 4.79 Å². The first-order chi connectivity index (χ1) is 13.1. The molecule has 3 heterocycles. The number of anilines is 1. The zero-order chi connectivity index (χ0) is 18.8. The maximum Gasteiger partial charge on any atom is 0.319 e. The van der Waals surface area contributed by atoms with E-state index in [-0.39, 0.29) is 6.03 Å². The van der Waals surface area contributed by atoms with Crippen LogP contribution in [0.5, 0.6) is 0 Å². The third-order valence-corrected chi connectivity index (χ3v) is 6.21. The van der Waals surface area contributed by atoms with Crippen LogP contribution < -0.4 is 10.6 Å². The molecule has 2 N–H and O–H groups in total. The molecule has 0 aliphatic heterocycles. The standard InChI is InChI=1S/C17H13Cl2N5OS2/c18-12-4-3-10(8-13(12)19)21-16(25)20-6-5-11-9-27-17-22-15(23-24(11)17)14-2-1-7-26-14/h1-4,7-9H,5-6H2,(H2,20,21,25). The molecule has 6 nitrogen and oxygen atoms in total. The van der Waals surface area contributed by atoms with E-state index < -0.39 is 0 Å². The molecule has 3 aromatic heterocycles. The van der Waals surface area contributed by atoms with Gasteiger partial charge in [0.2, 0.25) is 4.96 Å². The number of aromatic nitrogens is 3. The average Bonchev–Trinajstić information content (AvgIpc) is 3.35. The molecule has 1 aromatic carbocycles. The highest BCUT2D eigenvalue weighted by Crippen LogP contribution is 2.25. The first kappa shape index (κ1) is 18.2. The normalized spacial score (nSPS) is 11.0. The van der Waals surface area contributed by atoms with Crippen LogP contribution in [0.15, 0.2) is 41.1 Å². The second kappa shape index (κ2) is 7.85. The van der Waals surface area contributed by atoms with Crippen molar-refractivity contribution in [2.24, 2.45) is 0 Å². The van der Waals surface area contributed by atoms with Gasteiger partial charge < -0.3 is 10.6 Å². The number of thiophene rings is 1. The predicted molar refractivity (Wildman–Crippen MR) is 111 cm³/mol. The van der Waals surface area contributed by atoms with Gasteiger partial charge in [0.15, 0.2) is 5.82 Å². The Balaban J connectivity index is 1.36. The zero-order valence-electron chi connectivity index (χ0n) is 13.8. The lowest BCUT2D eigenvalue weighted by molar-refractivity contribution is 0.252. The number of fused-ring (bicyclic) bond motifs is 1. The van der Waals surface area contributed by atoms with Crippen molar-refractivity contribution in [1.82, 2.24) is 19.9 Å².